The molecule has 1 fully saturated rings. The Morgan fingerprint density at radius 2 is 2.11 bits per heavy atom. The molecular weight excluding hydrogens is 257 g/mol. The van der Waals surface area contributed by atoms with Gasteiger partial charge in [-0.25, -0.2) is 17.5 Å². The molecular formula is C12H16FNO3S. The molecule has 2 N–H and O–H groups in total. The first kappa shape index (κ1) is 13.5. The van der Waals surface area contributed by atoms with Gasteiger partial charge in [0.25, 0.3) is 0 Å². The van der Waals surface area contributed by atoms with Crippen molar-refractivity contribution in [3.63, 3.8) is 0 Å². The van der Waals surface area contributed by atoms with Crippen LogP contribution in [-0.2, 0) is 16.6 Å². The molecule has 2 rings (SSSR count). The summed E-state index contributed by atoms with van der Waals surface area (Å²) in [6, 6.07) is 3.41. The molecule has 0 radical (unpaired) electrons. The Balaban J connectivity index is 2.18. The van der Waals surface area contributed by atoms with Crippen LogP contribution < -0.4 is 4.72 Å². The van der Waals surface area contributed by atoms with Crippen LogP contribution in [-0.4, -0.2) is 20.1 Å². The molecule has 0 bridgehead atoms. The number of aliphatic hydroxyl groups excluding tert-OH is 1. The molecule has 18 heavy (non-hydrogen) atoms. The summed E-state index contributed by atoms with van der Waals surface area (Å²) in [6.45, 7) is 1.88. The van der Waals surface area contributed by atoms with Gasteiger partial charge in [0.1, 0.15) is 5.82 Å². The molecule has 1 aliphatic rings. The van der Waals surface area contributed by atoms with E-state index in [1.807, 2.05) is 6.92 Å². The number of aliphatic hydroxyl groups is 1. The van der Waals surface area contributed by atoms with Crippen molar-refractivity contribution in [1.29, 1.82) is 0 Å². The lowest BCUT2D eigenvalue weighted by atomic mass is 10.2. The summed E-state index contributed by atoms with van der Waals surface area (Å²) >= 11 is 0. The Morgan fingerprint density at radius 3 is 2.67 bits per heavy atom. The maximum absolute atomic E-state index is 13.2. The molecule has 0 heterocycles. The third-order valence-corrected chi connectivity index (χ3v) is 4.69. The maximum atomic E-state index is 13.2. The molecule has 4 nitrogen and oxygen atoms in total. The summed E-state index contributed by atoms with van der Waals surface area (Å²) in [6.07, 6.45) is 2.03. The molecule has 1 aromatic rings. The Morgan fingerprint density at radius 1 is 1.44 bits per heavy atom. The molecule has 6 heteroatoms. The summed E-state index contributed by atoms with van der Waals surface area (Å²) < 4.78 is 39.6. The third kappa shape index (κ3) is 2.88. The van der Waals surface area contributed by atoms with Gasteiger partial charge in [-0.2, -0.15) is 0 Å². The molecule has 1 aliphatic carbocycles. The van der Waals surface area contributed by atoms with Gasteiger partial charge in [0.15, 0.2) is 0 Å². The zero-order valence-corrected chi connectivity index (χ0v) is 10.9. The Bertz CT molecular complexity index is 552. The van der Waals surface area contributed by atoms with Gasteiger partial charge in [0.2, 0.25) is 10.0 Å². The van der Waals surface area contributed by atoms with Crippen LogP contribution in [0.2, 0.25) is 0 Å². The van der Waals surface area contributed by atoms with Gasteiger partial charge in [-0.15, -0.1) is 0 Å². The predicted octanol–water partition coefficient (Wildman–Crippen LogP) is 1.40. The lowest BCUT2D eigenvalue weighted by Crippen LogP contribution is -2.29. The Kier molecular flexibility index (Phi) is 3.44. The van der Waals surface area contributed by atoms with Crippen molar-refractivity contribution in [3.8, 4) is 0 Å². The van der Waals surface area contributed by atoms with Crippen LogP contribution in [0.1, 0.15) is 25.3 Å². The van der Waals surface area contributed by atoms with Crippen molar-refractivity contribution in [2.75, 3.05) is 6.54 Å². The molecule has 0 aromatic heterocycles. The average molecular weight is 273 g/mol. The van der Waals surface area contributed by atoms with E-state index in [1.54, 1.807) is 0 Å². The van der Waals surface area contributed by atoms with Crippen LogP contribution in [0.25, 0.3) is 0 Å². The highest BCUT2D eigenvalue weighted by Gasteiger charge is 2.38. The van der Waals surface area contributed by atoms with Gasteiger partial charge in [0.05, 0.1) is 11.5 Å². The van der Waals surface area contributed by atoms with E-state index in [2.05, 4.69) is 4.72 Å². The van der Waals surface area contributed by atoms with Crippen molar-refractivity contribution in [2.24, 2.45) is 5.41 Å². The molecule has 100 valence electrons. The first-order valence-corrected chi connectivity index (χ1v) is 7.24. The molecule has 0 saturated heterocycles. The summed E-state index contributed by atoms with van der Waals surface area (Å²) in [5.41, 5.74) is 0.0444. The van der Waals surface area contributed by atoms with Crippen molar-refractivity contribution < 1.29 is 17.9 Å². The highest BCUT2D eigenvalue weighted by atomic mass is 32.2. The minimum atomic E-state index is -3.63. The van der Waals surface area contributed by atoms with E-state index in [1.165, 1.54) is 6.07 Å². The summed E-state index contributed by atoms with van der Waals surface area (Å²) in [7, 11) is -3.63. The zero-order valence-electron chi connectivity index (χ0n) is 10.1. The van der Waals surface area contributed by atoms with E-state index in [0.29, 0.717) is 6.54 Å². The van der Waals surface area contributed by atoms with Crippen LogP contribution >= 0.6 is 0 Å². The minimum Gasteiger partial charge on any atom is -0.392 e. The monoisotopic (exact) mass is 273 g/mol. The van der Waals surface area contributed by atoms with E-state index in [0.717, 1.165) is 25.0 Å². The number of halogens is 1. The second-order valence-corrected chi connectivity index (χ2v) is 6.81. The highest BCUT2D eigenvalue weighted by Crippen LogP contribution is 2.44. The van der Waals surface area contributed by atoms with Crippen LogP contribution in [0, 0.1) is 11.2 Å². The van der Waals surface area contributed by atoms with Gasteiger partial charge in [-0.05, 0) is 36.5 Å². The second-order valence-electron chi connectivity index (χ2n) is 5.05. The molecule has 1 saturated carbocycles. The molecule has 0 spiro atoms. The van der Waals surface area contributed by atoms with Crippen molar-refractivity contribution in [3.05, 3.63) is 29.6 Å². The first-order valence-electron chi connectivity index (χ1n) is 5.75. The van der Waals surface area contributed by atoms with E-state index >= 15 is 0 Å². The summed E-state index contributed by atoms with van der Waals surface area (Å²) in [4.78, 5) is -0.0165. The number of hydrogen-bond donors (Lipinski definition) is 2. The smallest absolute Gasteiger partial charge is 0.240 e. The summed E-state index contributed by atoms with van der Waals surface area (Å²) in [5, 5.41) is 8.92. The standard InChI is InChI=1S/C12H16FNO3S/c1-12(4-5-12)8-14-18(16,17)10-2-3-11(13)9(6-10)7-15/h2-3,6,14-15H,4-5,7-8H2,1H3. The molecule has 0 amide bonds. The topological polar surface area (TPSA) is 66.4 Å². The van der Waals surface area contributed by atoms with Gasteiger partial charge in [0, 0.05) is 12.1 Å². The number of benzene rings is 1. The van der Waals surface area contributed by atoms with Crippen LogP contribution in [0.5, 0.6) is 0 Å². The minimum absolute atomic E-state index is 0.0165. The van der Waals surface area contributed by atoms with Crippen molar-refractivity contribution >= 4 is 10.0 Å². The van der Waals surface area contributed by atoms with Crippen LogP contribution in [0.15, 0.2) is 23.1 Å². The van der Waals surface area contributed by atoms with Crippen LogP contribution in [0.3, 0.4) is 0 Å². The lowest BCUT2D eigenvalue weighted by Gasteiger charge is -2.11. The Hall–Kier alpha value is -0.980. The van der Waals surface area contributed by atoms with E-state index in [-0.39, 0.29) is 15.9 Å². The average Bonchev–Trinajstić information content (AvgIpc) is 3.06. The largest absolute Gasteiger partial charge is 0.392 e. The maximum Gasteiger partial charge on any atom is 0.240 e. The third-order valence-electron chi connectivity index (χ3n) is 3.29. The van der Waals surface area contributed by atoms with E-state index in [9.17, 15) is 12.8 Å². The van der Waals surface area contributed by atoms with Gasteiger partial charge < -0.3 is 5.11 Å². The molecule has 0 unspecified atom stereocenters. The van der Waals surface area contributed by atoms with Crippen molar-refractivity contribution in [1.82, 2.24) is 4.72 Å². The number of hydrogen-bond acceptors (Lipinski definition) is 3. The number of sulfonamides is 1. The van der Waals surface area contributed by atoms with Gasteiger partial charge >= 0.3 is 0 Å². The number of nitrogens with one attached hydrogen (secondary N) is 1. The predicted molar refractivity (Wildman–Crippen MR) is 64.9 cm³/mol. The summed E-state index contributed by atoms with van der Waals surface area (Å²) in [5.74, 6) is -0.606. The lowest BCUT2D eigenvalue weighted by molar-refractivity contribution is 0.275. The van der Waals surface area contributed by atoms with Crippen LogP contribution in [0.4, 0.5) is 4.39 Å². The normalized spacial score (nSPS) is 17.7. The second kappa shape index (κ2) is 4.60. The quantitative estimate of drug-likeness (QED) is 0.852. The van der Waals surface area contributed by atoms with Gasteiger partial charge in [-0.1, -0.05) is 6.92 Å². The molecule has 1 aromatic carbocycles. The van der Waals surface area contributed by atoms with E-state index < -0.39 is 22.4 Å². The fraction of sp³-hybridized carbons (Fsp3) is 0.500. The zero-order chi connectivity index (χ0) is 13.4. The molecule has 0 atom stereocenters. The Labute approximate surface area is 106 Å². The molecule has 0 aliphatic heterocycles. The van der Waals surface area contributed by atoms with Crippen molar-refractivity contribution in [2.45, 2.75) is 31.3 Å². The van der Waals surface area contributed by atoms with E-state index in [4.69, 9.17) is 5.11 Å². The SMILES string of the molecule is CC1(CNS(=O)(=O)c2ccc(F)c(CO)c2)CC1. The first-order chi connectivity index (χ1) is 8.36. The fourth-order valence-corrected chi connectivity index (χ4v) is 2.83. The van der Waals surface area contributed by atoms with Gasteiger partial charge in [-0.3, -0.25) is 0 Å². The fourth-order valence-electron chi connectivity index (χ4n) is 1.58. The highest BCUT2D eigenvalue weighted by molar-refractivity contribution is 7.89. The number of rotatable bonds is 5.